The molecule has 4 heteroatoms. The Kier molecular flexibility index (Phi) is 5.10. The maximum Gasteiger partial charge on any atom is 0.232 e. The summed E-state index contributed by atoms with van der Waals surface area (Å²) in [5.41, 5.74) is 1.11. The first-order valence-electron chi connectivity index (χ1n) is 6.80. The van der Waals surface area contributed by atoms with Gasteiger partial charge < -0.3 is 10.1 Å². The molecule has 0 aliphatic carbocycles. The lowest BCUT2D eigenvalue weighted by Gasteiger charge is -2.10. The first kappa shape index (κ1) is 14.8. The maximum absolute atomic E-state index is 12.0. The Morgan fingerprint density at radius 1 is 1.00 bits per heavy atom. The number of benzene rings is 2. The van der Waals surface area contributed by atoms with Crippen LogP contribution in [0.25, 0.3) is 0 Å². The van der Waals surface area contributed by atoms with Crippen molar-refractivity contribution in [2.75, 3.05) is 11.9 Å². The number of Topliss-reactive ketones (excluding diaryl/α,β-unsaturated/α-hetero) is 1. The van der Waals surface area contributed by atoms with E-state index in [0.717, 1.165) is 0 Å². The fraction of sp³-hybridized carbons (Fsp3) is 0.176. The summed E-state index contributed by atoms with van der Waals surface area (Å²) in [5.74, 6) is 0.0403. The van der Waals surface area contributed by atoms with Gasteiger partial charge in [-0.05, 0) is 19.1 Å². The molecular formula is C17H17NO3. The van der Waals surface area contributed by atoms with Crippen LogP contribution < -0.4 is 10.1 Å². The van der Waals surface area contributed by atoms with E-state index in [4.69, 9.17) is 4.74 Å². The predicted molar refractivity (Wildman–Crippen MR) is 81.6 cm³/mol. The summed E-state index contributed by atoms with van der Waals surface area (Å²) in [6, 6.07) is 15.9. The first-order chi connectivity index (χ1) is 10.2. The van der Waals surface area contributed by atoms with Crippen LogP contribution in [-0.4, -0.2) is 18.3 Å². The largest absolute Gasteiger partial charge is 0.492 e. The summed E-state index contributed by atoms with van der Waals surface area (Å²) < 4.78 is 5.43. The van der Waals surface area contributed by atoms with Crippen LogP contribution in [0.4, 0.5) is 5.69 Å². The normalized spacial score (nSPS) is 9.95. The molecule has 0 spiro atoms. The average molecular weight is 283 g/mol. The predicted octanol–water partition coefficient (Wildman–Crippen LogP) is 3.30. The quantitative estimate of drug-likeness (QED) is 0.653. The third-order valence-corrected chi connectivity index (χ3v) is 2.88. The number of nitrogens with one attached hydrogen (secondary N) is 1. The molecule has 0 radical (unpaired) electrons. The molecule has 0 aliphatic rings. The molecule has 0 unspecified atom stereocenters. The van der Waals surface area contributed by atoms with Crippen molar-refractivity contribution in [1.29, 1.82) is 0 Å². The van der Waals surface area contributed by atoms with E-state index >= 15 is 0 Å². The fourth-order valence-electron chi connectivity index (χ4n) is 1.92. The average Bonchev–Trinajstić information content (AvgIpc) is 2.50. The van der Waals surface area contributed by atoms with Gasteiger partial charge in [0.05, 0.1) is 18.7 Å². The zero-order valence-corrected chi connectivity index (χ0v) is 11.8. The van der Waals surface area contributed by atoms with Crippen molar-refractivity contribution in [2.24, 2.45) is 0 Å². The Morgan fingerprint density at radius 2 is 1.67 bits per heavy atom. The van der Waals surface area contributed by atoms with E-state index in [1.165, 1.54) is 0 Å². The van der Waals surface area contributed by atoms with Gasteiger partial charge in [-0.2, -0.15) is 0 Å². The highest BCUT2D eigenvalue weighted by Crippen LogP contribution is 2.23. The van der Waals surface area contributed by atoms with Gasteiger partial charge in [-0.1, -0.05) is 42.5 Å². The number of ether oxygens (including phenoxy) is 1. The van der Waals surface area contributed by atoms with Crippen LogP contribution in [0.2, 0.25) is 0 Å². The molecular weight excluding hydrogens is 266 g/mol. The standard InChI is InChI=1S/C17H17NO3/c1-2-21-16-11-7-6-10-14(16)18-17(20)12-15(19)13-8-4-3-5-9-13/h3-11H,2,12H2,1H3,(H,18,20). The van der Waals surface area contributed by atoms with Crippen LogP contribution in [-0.2, 0) is 4.79 Å². The molecule has 0 fully saturated rings. The Hall–Kier alpha value is -2.62. The van der Waals surface area contributed by atoms with Crippen LogP contribution >= 0.6 is 0 Å². The van der Waals surface area contributed by atoms with E-state index in [0.29, 0.717) is 23.6 Å². The summed E-state index contributed by atoms with van der Waals surface area (Å²) >= 11 is 0. The summed E-state index contributed by atoms with van der Waals surface area (Å²) in [7, 11) is 0. The third kappa shape index (κ3) is 4.18. The molecule has 0 saturated carbocycles. The van der Waals surface area contributed by atoms with Crippen molar-refractivity contribution in [3.8, 4) is 5.75 Å². The SMILES string of the molecule is CCOc1ccccc1NC(=O)CC(=O)c1ccccc1. The van der Waals surface area contributed by atoms with Gasteiger partial charge in [0.25, 0.3) is 0 Å². The van der Waals surface area contributed by atoms with Crippen LogP contribution in [0.5, 0.6) is 5.75 Å². The Morgan fingerprint density at radius 3 is 2.38 bits per heavy atom. The van der Waals surface area contributed by atoms with E-state index in [-0.39, 0.29) is 18.1 Å². The molecule has 1 N–H and O–H groups in total. The highest BCUT2D eigenvalue weighted by Gasteiger charge is 2.13. The van der Waals surface area contributed by atoms with E-state index in [1.54, 1.807) is 42.5 Å². The van der Waals surface area contributed by atoms with Crippen molar-refractivity contribution in [2.45, 2.75) is 13.3 Å². The summed E-state index contributed by atoms with van der Waals surface area (Å²) in [4.78, 5) is 23.9. The van der Waals surface area contributed by atoms with E-state index in [9.17, 15) is 9.59 Å². The fourth-order valence-corrected chi connectivity index (χ4v) is 1.92. The minimum atomic E-state index is -0.351. The van der Waals surface area contributed by atoms with Crippen molar-refractivity contribution < 1.29 is 14.3 Å². The van der Waals surface area contributed by atoms with Gasteiger partial charge in [0.2, 0.25) is 5.91 Å². The van der Waals surface area contributed by atoms with Gasteiger partial charge in [0.1, 0.15) is 5.75 Å². The summed E-state index contributed by atoms with van der Waals surface area (Å²) in [5, 5.41) is 2.71. The second kappa shape index (κ2) is 7.24. The molecule has 0 aliphatic heterocycles. The first-order valence-corrected chi connectivity index (χ1v) is 6.80. The van der Waals surface area contributed by atoms with Gasteiger partial charge in [0.15, 0.2) is 5.78 Å². The molecule has 0 saturated heterocycles. The van der Waals surface area contributed by atoms with Gasteiger partial charge in [-0.25, -0.2) is 0 Å². The topological polar surface area (TPSA) is 55.4 Å². The number of rotatable bonds is 6. The Balaban J connectivity index is 2.01. The molecule has 2 aromatic rings. The number of amides is 1. The lowest BCUT2D eigenvalue weighted by atomic mass is 10.1. The molecule has 1 amide bonds. The zero-order valence-electron chi connectivity index (χ0n) is 11.8. The van der Waals surface area contributed by atoms with Crippen LogP contribution in [0.3, 0.4) is 0 Å². The molecule has 0 aromatic heterocycles. The van der Waals surface area contributed by atoms with Crippen molar-refractivity contribution in [1.82, 2.24) is 0 Å². The summed E-state index contributed by atoms with van der Waals surface area (Å²) in [6.07, 6.45) is -0.190. The van der Waals surface area contributed by atoms with Crippen molar-refractivity contribution >= 4 is 17.4 Å². The highest BCUT2D eigenvalue weighted by atomic mass is 16.5. The van der Waals surface area contributed by atoms with Crippen molar-refractivity contribution in [3.05, 3.63) is 60.2 Å². The molecule has 2 rings (SSSR count). The lowest BCUT2D eigenvalue weighted by Crippen LogP contribution is -2.17. The molecule has 108 valence electrons. The number of para-hydroxylation sites is 2. The number of carbonyl (C=O) groups is 2. The minimum absolute atomic E-state index is 0.190. The second-order valence-corrected chi connectivity index (χ2v) is 4.44. The van der Waals surface area contributed by atoms with E-state index < -0.39 is 0 Å². The van der Waals surface area contributed by atoms with Crippen LogP contribution in [0, 0.1) is 0 Å². The smallest absolute Gasteiger partial charge is 0.232 e. The highest BCUT2D eigenvalue weighted by molar-refractivity contribution is 6.11. The molecule has 4 nitrogen and oxygen atoms in total. The monoisotopic (exact) mass is 283 g/mol. The number of hydrogen-bond donors (Lipinski definition) is 1. The van der Waals surface area contributed by atoms with Crippen molar-refractivity contribution in [3.63, 3.8) is 0 Å². The molecule has 21 heavy (non-hydrogen) atoms. The lowest BCUT2D eigenvalue weighted by molar-refractivity contribution is -0.115. The number of carbonyl (C=O) groups excluding carboxylic acids is 2. The molecule has 0 bridgehead atoms. The van der Waals surface area contributed by atoms with Gasteiger partial charge >= 0.3 is 0 Å². The van der Waals surface area contributed by atoms with Crippen LogP contribution in [0.1, 0.15) is 23.7 Å². The van der Waals surface area contributed by atoms with Gasteiger partial charge in [-0.3, -0.25) is 9.59 Å². The second-order valence-electron chi connectivity index (χ2n) is 4.44. The Labute approximate surface area is 123 Å². The minimum Gasteiger partial charge on any atom is -0.492 e. The third-order valence-electron chi connectivity index (χ3n) is 2.88. The van der Waals surface area contributed by atoms with E-state index in [2.05, 4.69) is 5.32 Å². The molecule has 0 heterocycles. The summed E-state index contributed by atoms with van der Waals surface area (Å²) in [6.45, 7) is 2.38. The number of anilines is 1. The number of hydrogen-bond acceptors (Lipinski definition) is 3. The van der Waals surface area contributed by atoms with E-state index in [1.807, 2.05) is 19.1 Å². The molecule has 0 atom stereocenters. The van der Waals surface area contributed by atoms with Gasteiger partial charge in [0, 0.05) is 5.56 Å². The zero-order chi connectivity index (χ0) is 15.1. The maximum atomic E-state index is 12.0. The van der Waals surface area contributed by atoms with Gasteiger partial charge in [-0.15, -0.1) is 0 Å². The van der Waals surface area contributed by atoms with Crippen LogP contribution in [0.15, 0.2) is 54.6 Å². The number of ketones is 1. The molecule has 2 aromatic carbocycles. The Bertz CT molecular complexity index is 623.